The molecule has 1 fully saturated rings. The summed E-state index contributed by atoms with van der Waals surface area (Å²) >= 11 is 0. The van der Waals surface area contributed by atoms with Gasteiger partial charge in [-0.3, -0.25) is 0 Å². The first-order chi connectivity index (χ1) is 10.3. The lowest BCUT2D eigenvalue weighted by atomic mass is 9.70. The maximum atomic E-state index is 3.69. The van der Waals surface area contributed by atoms with E-state index in [0.29, 0.717) is 6.17 Å². The highest BCUT2D eigenvalue weighted by Gasteiger charge is 2.47. The third-order valence-electron chi connectivity index (χ3n) is 4.81. The van der Waals surface area contributed by atoms with Gasteiger partial charge in [0.15, 0.2) is 0 Å². The number of benzene rings is 2. The predicted octanol–water partition coefficient (Wildman–Crippen LogP) is 3.72. The van der Waals surface area contributed by atoms with Gasteiger partial charge in [0.2, 0.25) is 0 Å². The van der Waals surface area contributed by atoms with Crippen LogP contribution in [0.25, 0.3) is 0 Å². The van der Waals surface area contributed by atoms with Crippen LogP contribution >= 0.6 is 0 Å². The van der Waals surface area contributed by atoms with Crippen molar-refractivity contribution in [2.24, 2.45) is 5.41 Å². The first-order valence-electron chi connectivity index (χ1n) is 7.61. The maximum absolute atomic E-state index is 3.69. The van der Waals surface area contributed by atoms with E-state index >= 15 is 0 Å². The minimum atomic E-state index is 0.148. The van der Waals surface area contributed by atoms with Gasteiger partial charge in [-0.25, -0.2) is 0 Å². The standard InChI is InChI=1S/C19H20N2/c1-19(13-14-7-3-2-4-8-14)17-12-11-15-9-5-6-10-16(15)20-18(19)21-17/h2-10,12,18,20-21H,11,13H2,1H3/b17-12+. The van der Waals surface area contributed by atoms with E-state index in [0.717, 1.165) is 12.8 Å². The number of allylic oxidation sites excluding steroid dienone is 1. The highest BCUT2D eigenvalue weighted by atomic mass is 15.2. The quantitative estimate of drug-likeness (QED) is 0.873. The number of fused-ring (bicyclic) bond motifs is 1. The number of para-hydroxylation sites is 1. The summed E-state index contributed by atoms with van der Waals surface area (Å²) in [5.41, 5.74) is 5.55. The Bertz CT molecular complexity index is 690. The van der Waals surface area contributed by atoms with Crippen molar-refractivity contribution in [3.8, 4) is 0 Å². The highest BCUT2D eigenvalue weighted by molar-refractivity contribution is 5.56. The number of nitrogens with one attached hydrogen (secondary N) is 2. The van der Waals surface area contributed by atoms with E-state index in [4.69, 9.17) is 0 Å². The van der Waals surface area contributed by atoms with E-state index in [1.54, 1.807) is 0 Å². The summed E-state index contributed by atoms with van der Waals surface area (Å²) in [5.74, 6) is 0. The molecule has 106 valence electrons. The fraction of sp³-hybridized carbons (Fsp3) is 0.263. The largest absolute Gasteiger partial charge is 0.368 e. The molecule has 0 radical (unpaired) electrons. The number of rotatable bonds is 2. The summed E-state index contributed by atoms with van der Waals surface area (Å²) < 4.78 is 0. The minimum Gasteiger partial charge on any atom is -0.368 e. The molecule has 21 heavy (non-hydrogen) atoms. The summed E-state index contributed by atoms with van der Waals surface area (Å²) in [4.78, 5) is 0. The fourth-order valence-electron chi connectivity index (χ4n) is 3.47. The van der Waals surface area contributed by atoms with Crippen molar-refractivity contribution in [1.82, 2.24) is 5.32 Å². The summed E-state index contributed by atoms with van der Waals surface area (Å²) in [7, 11) is 0. The van der Waals surface area contributed by atoms with Crippen LogP contribution in [0, 0.1) is 5.41 Å². The van der Waals surface area contributed by atoms with Crippen molar-refractivity contribution in [1.29, 1.82) is 0 Å². The molecule has 2 aromatic carbocycles. The normalized spacial score (nSPS) is 28.6. The van der Waals surface area contributed by atoms with Crippen LogP contribution in [0.3, 0.4) is 0 Å². The molecule has 0 aliphatic carbocycles. The zero-order valence-corrected chi connectivity index (χ0v) is 12.3. The topological polar surface area (TPSA) is 24.1 Å². The van der Waals surface area contributed by atoms with Gasteiger partial charge in [-0.2, -0.15) is 0 Å². The second-order valence-electron chi connectivity index (χ2n) is 6.28. The Hall–Kier alpha value is -2.22. The molecule has 2 atom stereocenters. The average Bonchev–Trinajstić information content (AvgIpc) is 2.48. The second kappa shape index (κ2) is 4.66. The SMILES string of the molecule is CC1(Cc2ccccc2)/C2=C\Cc3ccccc3NC1N2. The number of anilines is 1. The molecule has 2 heteroatoms. The van der Waals surface area contributed by atoms with E-state index in [1.807, 2.05) is 0 Å². The van der Waals surface area contributed by atoms with E-state index in [1.165, 1.54) is 22.5 Å². The van der Waals surface area contributed by atoms with Gasteiger partial charge in [-0.15, -0.1) is 0 Å². The molecule has 3 heterocycles. The van der Waals surface area contributed by atoms with Gasteiger partial charge in [0, 0.05) is 16.8 Å². The highest BCUT2D eigenvalue weighted by Crippen LogP contribution is 2.44. The van der Waals surface area contributed by atoms with Crippen LogP contribution in [-0.2, 0) is 12.8 Å². The Morgan fingerprint density at radius 2 is 1.76 bits per heavy atom. The Morgan fingerprint density at radius 3 is 2.62 bits per heavy atom. The molecule has 3 aliphatic heterocycles. The summed E-state index contributed by atoms with van der Waals surface area (Å²) in [6.07, 6.45) is 4.71. The van der Waals surface area contributed by atoms with Gasteiger partial charge in [-0.05, 0) is 37.0 Å². The number of hydrogen-bond donors (Lipinski definition) is 2. The molecule has 0 spiro atoms. The van der Waals surface area contributed by atoms with E-state index in [9.17, 15) is 0 Å². The van der Waals surface area contributed by atoms with Crippen LogP contribution in [0.4, 0.5) is 5.69 Å². The van der Waals surface area contributed by atoms with Crippen LogP contribution in [0.15, 0.2) is 66.4 Å². The lowest BCUT2D eigenvalue weighted by molar-refractivity contribution is 0.190. The first kappa shape index (κ1) is 12.5. The lowest BCUT2D eigenvalue weighted by Gasteiger charge is -2.53. The molecule has 2 nitrogen and oxygen atoms in total. The Balaban J connectivity index is 1.66. The van der Waals surface area contributed by atoms with E-state index < -0.39 is 0 Å². The van der Waals surface area contributed by atoms with Crippen LogP contribution in [0.1, 0.15) is 18.1 Å². The van der Waals surface area contributed by atoms with Crippen LogP contribution in [0.5, 0.6) is 0 Å². The third-order valence-corrected chi connectivity index (χ3v) is 4.81. The van der Waals surface area contributed by atoms with Gasteiger partial charge in [0.05, 0.1) is 0 Å². The van der Waals surface area contributed by atoms with Crippen LogP contribution in [0.2, 0.25) is 0 Å². The average molecular weight is 276 g/mol. The monoisotopic (exact) mass is 276 g/mol. The van der Waals surface area contributed by atoms with Crippen LogP contribution < -0.4 is 10.6 Å². The van der Waals surface area contributed by atoms with Gasteiger partial charge in [0.25, 0.3) is 0 Å². The smallest absolute Gasteiger partial charge is 0.108 e. The zero-order valence-electron chi connectivity index (χ0n) is 12.3. The summed E-state index contributed by atoms with van der Waals surface area (Å²) in [6.45, 7) is 2.36. The minimum absolute atomic E-state index is 0.148. The number of hydrogen-bond acceptors (Lipinski definition) is 2. The molecular weight excluding hydrogens is 256 g/mol. The molecule has 2 aromatic rings. The van der Waals surface area contributed by atoms with E-state index in [2.05, 4.69) is 78.2 Å². The van der Waals surface area contributed by atoms with Crippen molar-refractivity contribution in [3.05, 3.63) is 77.5 Å². The van der Waals surface area contributed by atoms with Crippen molar-refractivity contribution >= 4 is 5.69 Å². The van der Waals surface area contributed by atoms with Crippen molar-refractivity contribution in [2.75, 3.05) is 5.32 Å². The third kappa shape index (κ3) is 2.02. The lowest BCUT2D eigenvalue weighted by Crippen LogP contribution is -2.64. The molecule has 0 aromatic heterocycles. The molecule has 2 bridgehead atoms. The Kier molecular flexibility index (Phi) is 2.78. The predicted molar refractivity (Wildman–Crippen MR) is 87.0 cm³/mol. The van der Waals surface area contributed by atoms with E-state index in [-0.39, 0.29) is 5.41 Å². The molecule has 5 rings (SSSR count). The molecule has 0 saturated carbocycles. The zero-order chi connectivity index (χ0) is 14.3. The van der Waals surface area contributed by atoms with Gasteiger partial charge in [-0.1, -0.05) is 54.6 Å². The molecule has 3 aliphatic rings. The summed E-state index contributed by atoms with van der Waals surface area (Å²) in [5, 5.41) is 7.27. The van der Waals surface area contributed by atoms with Gasteiger partial charge >= 0.3 is 0 Å². The van der Waals surface area contributed by atoms with Crippen molar-refractivity contribution in [3.63, 3.8) is 0 Å². The molecule has 2 N–H and O–H groups in total. The molecular formula is C19H20N2. The van der Waals surface area contributed by atoms with Crippen LogP contribution in [-0.4, -0.2) is 6.17 Å². The molecule has 1 saturated heterocycles. The Labute approximate surface area is 125 Å². The van der Waals surface area contributed by atoms with Gasteiger partial charge < -0.3 is 10.6 Å². The Morgan fingerprint density at radius 1 is 1.00 bits per heavy atom. The first-order valence-corrected chi connectivity index (χ1v) is 7.61. The van der Waals surface area contributed by atoms with Crippen molar-refractivity contribution < 1.29 is 0 Å². The van der Waals surface area contributed by atoms with Crippen molar-refractivity contribution in [2.45, 2.75) is 25.9 Å². The summed E-state index contributed by atoms with van der Waals surface area (Å²) in [6, 6.07) is 19.4. The fourth-order valence-corrected chi connectivity index (χ4v) is 3.47. The molecule has 0 amide bonds. The molecule has 2 unspecified atom stereocenters. The maximum Gasteiger partial charge on any atom is 0.108 e. The van der Waals surface area contributed by atoms with Gasteiger partial charge in [0.1, 0.15) is 6.17 Å². The second-order valence-corrected chi connectivity index (χ2v) is 6.28.